The smallest absolute Gasteiger partial charge is 0.171 e. The van der Waals surface area contributed by atoms with E-state index >= 15 is 0 Å². The maximum Gasteiger partial charge on any atom is 0.171 e. The monoisotopic (exact) mass is 269 g/mol. The summed E-state index contributed by atoms with van der Waals surface area (Å²) in [7, 11) is 3.22. The summed E-state index contributed by atoms with van der Waals surface area (Å²) in [6, 6.07) is 5.37. The SMILES string of the molecule is CCOc1cc(CNC(C)C(OC)OC)ccc1O. The number of hydrogen-bond donors (Lipinski definition) is 2. The van der Waals surface area contributed by atoms with Gasteiger partial charge in [-0.05, 0) is 31.5 Å². The zero-order chi connectivity index (χ0) is 14.3. The lowest BCUT2D eigenvalue weighted by molar-refractivity contribution is -0.119. The number of ether oxygens (including phenoxy) is 3. The summed E-state index contributed by atoms with van der Waals surface area (Å²) in [4.78, 5) is 0. The average Bonchev–Trinajstić information content (AvgIpc) is 2.41. The van der Waals surface area contributed by atoms with Crippen molar-refractivity contribution in [3.63, 3.8) is 0 Å². The van der Waals surface area contributed by atoms with Crippen molar-refractivity contribution in [3.05, 3.63) is 23.8 Å². The quantitative estimate of drug-likeness (QED) is 0.706. The summed E-state index contributed by atoms with van der Waals surface area (Å²) in [5, 5.41) is 12.9. The van der Waals surface area contributed by atoms with Gasteiger partial charge in [-0.15, -0.1) is 0 Å². The molecule has 5 heteroatoms. The van der Waals surface area contributed by atoms with E-state index in [2.05, 4.69) is 5.32 Å². The normalized spacial score (nSPS) is 12.7. The van der Waals surface area contributed by atoms with Crippen molar-refractivity contribution in [2.75, 3.05) is 20.8 Å². The highest BCUT2D eigenvalue weighted by Gasteiger charge is 2.15. The third-order valence-corrected chi connectivity index (χ3v) is 2.83. The first-order valence-corrected chi connectivity index (χ1v) is 6.36. The van der Waals surface area contributed by atoms with Crippen LogP contribution in [0.1, 0.15) is 19.4 Å². The van der Waals surface area contributed by atoms with Crippen LogP contribution in [0.25, 0.3) is 0 Å². The van der Waals surface area contributed by atoms with Crippen LogP contribution in [0.3, 0.4) is 0 Å². The molecule has 19 heavy (non-hydrogen) atoms. The standard InChI is InChI=1S/C14H23NO4/c1-5-19-13-8-11(6-7-12(13)16)9-15-10(2)14(17-3)18-4/h6-8,10,14-16H,5,9H2,1-4H3. The lowest BCUT2D eigenvalue weighted by Crippen LogP contribution is -2.39. The Morgan fingerprint density at radius 2 is 1.95 bits per heavy atom. The van der Waals surface area contributed by atoms with Gasteiger partial charge in [0, 0.05) is 20.8 Å². The Balaban J connectivity index is 2.60. The van der Waals surface area contributed by atoms with Crippen LogP contribution < -0.4 is 10.1 Å². The topological polar surface area (TPSA) is 60.0 Å². The Hall–Kier alpha value is -1.30. The molecule has 108 valence electrons. The van der Waals surface area contributed by atoms with Crippen LogP contribution in [0.15, 0.2) is 18.2 Å². The zero-order valence-corrected chi connectivity index (χ0v) is 12.0. The van der Waals surface area contributed by atoms with E-state index in [0.29, 0.717) is 18.9 Å². The lowest BCUT2D eigenvalue weighted by atomic mass is 10.2. The number of benzene rings is 1. The molecule has 0 aromatic heterocycles. The molecule has 0 aliphatic rings. The van der Waals surface area contributed by atoms with Gasteiger partial charge in [-0.25, -0.2) is 0 Å². The maximum atomic E-state index is 9.62. The summed E-state index contributed by atoms with van der Waals surface area (Å²) in [6.07, 6.45) is -0.288. The number of phenols is 1. The van der Waals surface area contributed by atoms with Gasteiger partial charge in [-0.2, -0.15) is 0 Å². The number of phenolic OH excluding ortho intramolecular Hbond substituents is 1. The predicted molar refractivity (Wildman–Crippen MR) is 73.4 cm³/mol. The lowest BCUT2D eigenvalue weighted by Gasteiger charge is -2.22. The number of hydrogen-bond acceptors (Lipinski definition) is 5. The van der Waals surface area contributed by atoms with Crippen molar-refractivity contribution in [1.82, 2.24) is 5.32 Å². The second-order valence-electron chi connectivity index (χ2n) is 4.24. The Labute approximate surface area is 114 Å². The molecule has 0 saturated heterocycles. The molecule has 0 spiro atoms. The molecular formula is C14H23NO4. The van der Waals surface area contributed by atoms with Crippen LogP contribution in [-0.2, 0) is 16.0 Å². The molecule has 0 aliphatic carbocycles. The first-order valence-electron chi connectivity index (χ1n) is 6.36. The molecule has 0 heterocycles. The minimum atomic E-state index is -0.288. The molecule has 2 N–H and O–H groups in total. The number of rotatable bonds is 8. The number of methoxy groups -OCH3 is 2. The fourth-order valence-electron chi connectivity index (χ4n) is 1.82. The Morgan fingerprint density at radius 3 is 2.53 bits per heavy atom. The predicted octanol–water partition coefficient (Wildman–Crippen LogP) is 1.89. The highest BCUT2D eigenvalue weighted by Crippen LogP contribution is 2.26. The van der Waals surface area contributed by atoms with Crippen LogP contribution >= 0.6 is 0 Å². The highest BCUT2D eigenvalue weighted by atomic mass is 16.7. The van der Waals surface area contributed by atoms with Crippen LogP contribution in [0.2, 0.25) is 0 Å². The van der Waals surface area contributed by atoms with E-state index in [1.54, 1.807) is 20.3 Å². The molecule has 1 atom stereocenters. The molecule has 1 unspecified atom stereocenters. The first kappa shape index (κ1) is 15.8. The second kappa shape index (κ2) is 7.99. The molecule has 0 amide bonds. The van der Waals surface area contributed by atoms with Gasteiger partial charge in [0.1, 0.15) is 0 Å². The van der Waals surface area contributed by atoms with Gasteiger partial charge in [0.05, 0.1) is 12.6 Å². The third-order valence-electron chi connectivity index (χ3n) is 2.83. The average molecular weight is 269 g/mol. The zero-order valence-electron chi connectivity index (χ0n) is 12.0. The number of aromatic hydroxyl groups is 1. The second-order valence-corrected chi connectivity index (χ2v) is 4.24. The minimum absolute atomic E-state index is 0.0550. The van der Waals surface area contributed by atoms with Gasteiger partial charge in [0.15, 0.2) is 17.8 Å². The van der Waals surface area contributed by atoms with Crippen molar-refractivity contribution in [1.29, 1.82) is 0 Å². The van der Waals surface area contributed by atoms with E-state index < -0.39 is 0 Å². The van der Waals surface area contributed by atoms with Crippen molar-refractivity contribution >= 4 is 0 Å². The van der Waals surface area contributed by atoms with Crippen molar-refractivity contribution in [3.8, 4) is 11.5 Å². The van der Waals surface area contributed by atoms with Gasteiger partial charge in [-0.3, -0.25) is 0 Å². The van der Waals surface area contributed by atoms with Gasteiger partial charge < -0.3 is 24.6 Å². The maximum absolute atomic E-state index is 9.62. The van der Waals surface area contributed by atoms with Crippen LogP contribution in [-0.4, -0.2) is 38.3 Å². The largest absolute Gasteiger partial charge is 0.504 e. The van der Waals surface area contributed by atoms with E-state index in [9.17, 15) is 5.11 Å². The van der Waals surface area contributed by atoms with E-state index in [1.165, 1.54) is 0 Å². The Bertz CT molecular complexity index is 380. The molecule has 1 aromatic rings. The van der Waals surface area contributed by atoms with Gasteiger partial charge in [0.2, 0.25) is 0 Å². The van der Waals surface area contributed by atoms with Crippen LogP contribution in [0, 0.1) is 0 Å². The van der Waals surface area contributed by atoms with Gasteiger partial charge in [-0.1, -0.05) is 6.07 Å². The van der Waals surface area contributed by atoms with Gasteiger partial charge in [0.25, 0.3) is 0 Å². The molecule has 1 rings (SSSR count). The molecule has 5 nitrogen and oxygen atoms in total. The van der Waals surface area contributed by atoms with Crippen LogP contribution in [0.4, 0.5) is 0 Å². The summed E-state index contributed by atoms with van der Waals surface area (Å²) >= 11 is 0. The van der Waals surface area contributed by atoms with Crippen molar-refractivity contribution < 1.29 is 19.3 Å². The molecule has 0 bridgehead atoms. The van der Waals surface area contributed by atoms with Gasteiger partial charge >= 0.3 is 0 Å². The molecule has 0 aliphatic heterocycles. The van der Waals surface area contributed by atoms with E-state index in [1.807, 2.05) is 26.0 Å². The Morgan fingerprint density at radius 1 is 1.26 bits per heavy atom. The fraction of sp³-hybridized carbons (Fsp3) is 0.571. The number of nitrogens with one attached hydrogen (secondary N) is 1. The molecule has 1 aromatic carbocycles. The van der Waals surface area contributed by atoms with Crippen molar-refractivity contribution in [2.45, 2.75) is 32.7 Å². The fourth-order valence-corrected chi connectivity index (χ4v) is 1.82. The van der Waals surface area contributed by atoms with E-state index in [0.717, 1.165) is 5.56 Å². The van der Waals surface area contributed by atoms with E-state index in [4.69, 9.17) is 14.2 Å². The molecule has 0 radical (unpaired) electrons. The molecular weight excluding hydrogens is 246 g/mol. The first-order chi connectivity index (χ1) is 9.12. The summed E-state index contributed by atoms with van der Waals surface area (Å²) in [5.41, 5.74) is 1.03. The summed E-state index contributed by atoms with van der Waals surface area (Å²) < 4.78 is 15.7. The van der Waals surface area contributed by atoms with Crippen LogP contribution in [0.5, 0.6) is 11.5 Å². The summed E-state index contributed by atoms with van der Waals surface area (Å²) in [5.74, 6) is 0.662. The van der Waals surface area contributed by atoms with Crippen molar-refractivity contribution in [2.24, 2.45) is 0 Å². The minimum Gasteiger partial charge on any atom is -0.504 e. The molecule has 0 saturated carbocycles. The van der Waals surface area contributed by atoms with E-state index in [-0.39, 0.29) is 18.1 Å². The Kier molecular flexibility index (Phi) is 6.62. The molecule has 0 fully saturated rings. The third kappa shape index (κ3) is 4.70. The highest BCUT2D eigenvalue weighted by molar-refractivity contribution is 5.41. The summed E-state index contributed by atoms with van der Waals surface area (Å²) in [6.45, 7) is 5.04.